The van der Waals surface area contributed by atoms with Crippen LogP contribution in [0.1, 0.15) is 11.1 Å². The highest BCUT2D eigenvalue weighted by Crippen LogP contribution is 2.30. The van der Waals surface area contributed by atoms with Crippen LogP contribution in [0, 0.1) is 0 Å². The molecule has 4 N–H and O–H groups in total. The van der Waals surface area contributed by atoms with Crippen molar-refractivity contribution in [2.45, 2.75) is 23.9 Å². The standard InChI is InChI=1S/C28H25ClN4O5S/c29-23-8-4-5-9-26(23)39(37,38)33-25(27(34)35)17-20-10-11-22(21-6-2-1-3-7-21)24(16-20)32-28(36)31-18-19-12-14-30-15-13-19/h1-16,25,33H,17-18H2,(H,34,35)(H2,31,32,36). The Kier molecular flexibility index (Phi) is 8.92. The van der Waals surface area contributed by atoms with Gasteiger partial charge in [0.05, 0.1) is 10.7 Å². The van der Waals surface area contributed by atoms with Crippen LogP contribution >= 0.6 is 11.6 Å². The molecular weight excluding hydrogens is 540 g/mol. The van der Waals surface area contributed by atoms with Gasteiger partial charge < -0.3 is 15.7 Å². The third-order valence-corrected chi connectivity index (χ3v) is 7.75. The number of carboxylic acids is 1. The maximum atomic E-state index is 12.9. The van der Waals surface area contributed by atoms with Gasteiger partial charge in [-0.2, -0.15) is 4.72 Å². The van der Waals surface area contributed by atoms with E-state index in [0.717, 1.165) is 11.1 Å². The first-order valence-electron chi connectivity index (χ1n) is 11.8. The first-order valence-corrected chi connectivity index (χ1v) is 13.7. The minimum atomic E-state index is -4.22. The van der Waals surface area contributed by atoms with Crippen molar-refractivity contribution in [2.24, 2.45) is 0 Å². The number of urea groups is 1. The normalized spacial score (nSPS) is 11.9. The lowest BCUT2D eigenvalue weighted by atomic mass is 9.98. The Morgan fingerprint density at radius 3 is 2.28 bits per heavy atom. The van der Waals surface area contributed by atoms with Crippen molar-refractivity contribution >= 4 is 39.3 Å². The number of anilines is 1. The molecule has 0 aliphatic rings. The SMILES string of the molecule is O=C(NCc1ccncc1)Nc1cc(CC(NS(=O)(=O)c2ccccc2Cl)C(=O)O)ccc1-c1ccccc1. The number of benzene rings is 3. The Bertz CT molecular complexity index is 1570. The lowest BCUT2D eigenvalue weighted by molar-refractivity contribution is -0.138. The van der Waals surface area contributed by atoms with Crippen LogP contribution in [0.25, 0.3) is 11.1 Å². The number of pyridine rings is 1. The smallest absolute Gasteiger partial charge is 0.322 e. The molecule has 39 heavy (non-hydrogen) atoms. The highest BCUT2D eigenvalue weighted by Gasteiger charge is 2.27. The first-order chi connectivity index (χ1) is 18.7. The number of aliphatic carboxylic acids is 1. The molecule has 0 spiro atoms. The van der Waals surface area contributed by atoms with Crippen molar-refractivity contribution in [3.63, 3.8) is 0 Å². The van der Waals surface area contributed by atoms with Gasteiger partial charge in [0.2, 0.25) is 10.0 Å². The number of carboxylic acid groups (broad SMARTS) is 1. The van der Waals surface area contributed by atoms with Crippen LogP contribution in [0.4, 0.5) is 10.5 Å². The number of hydrogen-bond acceptors (Lipinski definition) is 5. The second-order valence-corrected chi connectivity index (χ2v) is 10.6. The fourth-order valence-electron chi connectivity index (χ4n) is 3.87. The van der Waals surface area contributed by atoms with Crippen molar-refractivity contribution in [1.29, 1.82) is 0 Å². The number of nitrogens with one attached hydrogen (secondary N) is 3. The molecule has 4 rings (SSSR count). The van der Waals surface area contributed by atoms with Crippen molar-refractivity contribution in [3.05, 3.63) is 113 Å². The first kappa shape index (κ1) is 27.8. The van der Waals surface area contributed by atoms with E-state index in [0.29, 0.717) is 16.8 Å². The van der Waals surface area contributed by atoms with Crippen LogP contribution in [0.3, 0.4) is 0 Å². The third kappa shape index (κ3) is 7.41. The number of nitrogens with zero attached hydrogens (tertiary/aromatic N) is 1. The predicted octanol–water partition coefficient (Wildman–Crippen LogP) is 4.70. The van der Waals surface area contributed by atoms with E-state index in [-0.39, 0.29) is 22.9 Å². The van der Waals surface area contributed by atoms with E-state index in [1.807, 2.05) is 30.3 Å². The van der Waals surface area contributed by atoms with Gasteiger partial charge in [-0.1, -0.05) is 66.2 Å². The molecule has 200 valence electrons. The summed E-state index contributed by atoms with van der Waals surface area (Å²) in [4.78, 5) is 28.5. The molecule has 1 unspecified atom stereocenters. The molecule has 0 saturated carbocycles. The Labute approximate surface area is 230 Å². The van der Waals surface area contributed by atoms with Gasteiger partial charge in [-0.3, -0.25) is 9.78 Å². The summed E-state index contributed by atoms with van der Waals surface area (Å²) in [6, 6.07) is 21.8. The fraction of sp³-hybridized carbons (Fsp3) is 0.107. The van der Waals surface area contributed by atoms with Crippen LogP contribution in [0.15, 0.2) is 102 Å². The highest BCUT2D eigenvalue weighted by molar-refractivity contribution is 7.89. The van der Waals surface area contributed by atoms with E-state index in [4.69, 9.17) is 11.6 Å². The van der Waals surface area contributed by atoms with Gasteiger partial charge in [-0.25, -0.2) is 13.2 Å². The summed E-state index contributed by atoms with van der Waals surface area (Å²) in [5.41, 5.74) is 3.34. The van der Waals surface area contributed by atoms with Gasteiger partial charge in [0.1, 0.15) is 10.9 Å². The molecule has 1 heterocycles. The van der Waals surface area contributed by atoms with Gasteiger partial charge in [0, 0.05) is 24.5 Å². The van der Waals surface area contributed by atoms with Gasteiger partial charge in [-0.15, -0.1) is 0 Å². The number of amides is 2. The van der Waals surface area contributed by atoms with Crippen LogP contribution in [0.2, 0.25) is 5.02 Å². The Hall–Kier alpha value is -4.25. The predicted molar refractivity (Wildman–Crippen MR) is 149 cm³/mol. The second kappa shape index (κ2) is 12.5. The second-order valence-electron chi connectivity index (χ2n) is 8.56. The molecule has 3 aromatic carbocycles. The van der Waals surface area contributed by atoms with E-state index >= 15 is 0 Å². The van der Waals surface area contributed by atoms with E-state index < -0.39 is 28.1 Å². The number of rotatable bonds is 10. The molecule has 0 radical (unpaired) electrons. The number of aromatic nitrogens is 1. The lowest BCUT2D eigenvalue weighted by Gasteiger charge is -2.18. The molecule has 9 nitrogen and oxygen atoms in total. The summed E-state index contributed by atoms with van der Waals surface area (Å²) in [6.45, 7) is 0.277. The topological polar surface area (TPSA) is 137 Å². The molecule has 0 aliphatic carbocycles. The summed E-state index contributed by atoms with van der Waals surface area (Å²) in [5.74, 6) is -1.36. The molecule has 11 heteroatoms. The summed E-state index contributed by atoms with van der Waals surface area (Å²) in [6.07, 6.45) is 3.08. The summed E-state index contributed by atoms with van der Waals surface area (Å²) in [7, 11) is -4.22. The maximum Gasteiger partial charge on any atom is 0.322 e. The van der Waals surface area contributed by atoms with Crippen molar-refractivity contribution in [3.8, 4) is 11.1 Å². The Balaban J connectivity index is 1.58. The van der Waals surface area contributed by atoms with E-state index in [1.54, 1.807) is 48.8 Å². The fourth-order valence-corrected chi connectivity index (χ4v) is 5.58. The molecule has 2 amide bonds. The zero-order valence-electron chi connectivity index (χ0n) is 20.5. The number of halogens is 1. The minimum Gasteiger partial charge on any atom is -0.480 e. The average Bonchev–Trinajstić information content (AvgIpc) is 2.93. The molecule has 0 saturated heterocycles. The Morgan fingerprint density at radius 1 is 0.897 bits per heavy atom. The molecule has 0 fully saturated rings. The average molecular weight is 565 g/mol. The Morgan fingerprint density at radius 2 is 1.59 bits per heavy atom. The number of hydrogen-bond donors (Lipinski definition) is 4. The number of carbonyl (C=O) groups excluding carboxylic acids is 1. The minimum absolute atomic E-state index is 0.0226. The third-order valence-electron chi connectivity index (χ3n) is 5.78. The quantitative estimate of drug-likeness (QED) is 0.220. The van der Waals surface area contributed by atoms with E-state index in [2.05, 4.69) is 20.3 Å². The monoisotopic (exact) mass is 564 g/mol. The van der Waals surface area contributed by atoms with Crippen molar-refractivity contribution < 1.29 is 23.1 Å². The van der Waals surface area contributed by atoms with Crippen LogP contribution < -0.4 is 15.4 Å². The van der Waals surface area contributed by atoms with Gasteiger partial charge in [0.15, 0.2) is 0 Å². The molecule has 1 aromatic heterocycles. The number of sulfonamides is 1. The summed E-state index contributed by atoms with van der Waals surface area (Å²) < 4.78 is 28.0. The lowest BCUT2D eigenvalue weighted by Crippen LogP contribution is -2.42. The van der Waals surface area contributed by atoms with Crippen LogP contribution in [0.5, 0.6) is 0 Å². The van der Waals surface area contributed by atoms with Crippen molar-refractivity contribution in [1.82, 2.24) is 15.0 Å². The number of carbonyl (C=O) groups is 2. The highest BCUT2D eigenvalue weighted by atomic mass is 35.5. The van der Waals surface area contributed by atoms with Gasteiger partial charge in [-0.05, 0) is 53.4 Å². The van der Waals surface area contributed by atoms with Crippen LogP contribution in [-0.2, 0) is 27.8 Å². The maximum absolute atomic E-state index is 12.9. The molecule has 0 aliphatic heterocycles. The molecule has 4 aromatic rings. The molecule has 0 bridgehead atoms. The van der Waals surface area contributed by atoms with Crippen LogP contribution in [-0.4, -0.2) is 36.6 Å². The van der Waals surface area contributed by atoms with E-state index in [9.17, 15) is 23.1 Å². The van der Waals surface area contributed by atoms with Crippen molar-refractivity contribution in [2.75, 3.05) is 5.32 Å². The largest absolute Gasteiger partial charge is 0.480 e. The zero-order chi connectivity index (χ0) is 27.8. The summed E-state index contributed by atoms with van der Waals surface area (Å²) in [5, 5.41) is 15.4. The molecular formula is C28H25ClN4O5S. The van der Waals surface area contributed by atoms with E-state index in [1.165, 1.54) is 18.2 Å². The van der Waals surface area contributed by atoms with Gasteiger partial charge >= 0.3 is 12.0 Å². The molecule has 1 atom stereocenters. The van der Waals surface area contributed by atoms with Gasteiger partial charge in [0.25, 0.3) is 0 Å². The summed E-state index contributed by atoms with van der Waals surface area (Å²) >= 11 is 6.03. The zero-order valence-corrected chi connectivity index (χ0v) is 22.1.